The topological polar surface area (TPSA) is 39.1 Å². The number of imidazole rings is 1. The molecule has 0 aromatic carbocycles. The summed E-state index contributed by atoms with van der Waals surface area (Å²) in [6, 6.07) is 0. The van der Waals surface area contributed by atoms with Gasteiger partial charge in [-0.2, -0.15) is 0 Å². The fourth-order valence-electron chi connectivity index (χ4n) is 1.72. The van der Waals surface area contributed by atoms with Crippen LogP contribution in [0.5, 0.6) is 0 Å². The minimum atomic E-state index is 0.850. The molecule has 0 unspecified atom stereocenters. The molecule has 0 aliphatic carbocycles. The van der Waals surface area contributed by atoms with E-state index in [1.807, 2.05) is 6.33 Å². The zero-order chi connectivity index (χ0) is 12.3. The summed E-state index contributed by atoms with van der Waals surface area (Å²) in [5, 5.41) is 3.39. The van der Waals surface area contributed by atoms with Gasteiger partial charge < -0.3 is 14.6 Å². The summed E-state index contributed by atoms with van der Waals surface area (Å²) < 4.78 is 7.20. The summed E-state index contributed by atoms with van der Waals surface area (Å²) in [6.45, 7) is 6.19. The zero-order valence-electron chi connectivity index (χ0n) is 11.1. The number of rotatable bonds is 10. The number of nitrogens with zero attached hydrogens (tertiary/aromatic N) is 2. The Morgan fingerprint density at radius 3 is 3.00 bits per heavy atom. The van der Waals surface area contributed by atoms with E-state index in [2.05, 4.69) is 28.0 Å². The Balaban J connectivity index is 2.14. The molecule has 0 saturated carbocycles. The van der Waals surface area contributed by atoms with Gasteiger partial charge >= 0.3 is 0 Å². The molecule has 0 spiro atoms. The van der Waals surface area contributed by atoms with Crippen LogP contribution < -0.4 is 5.32 Å². The molecular weight excluding hydrogens is 214 g/mol. The van der Waals surface area contributed by atoms with Crippen LogP contribution in [0.1, 0.15) is 31.9 Å². The molecule has 1 N–H and O–H groups in total. The number of hydrogen-bond donors (Lipinski definition) is 1. The Hall–Kier alpha value is -0.870. The average molecular weight is 239 g/mol. The van der Waals surface area contributed by atoms with E-state index in [-0.39, 0.29) is 0 Å². The molecule has 0 aliphatic heterocycles. The first-order chi connectivity index (χ1) is 8.36. The Labute approximate surface area is 104 Å². The second kappa shape index (κ2) is 9.19. The van der Waals surface area contributed by atoms with Crippen LogP contribution >= 0.6 is 0 Å². The molecule has 1 aromatic rings. The van der Waals surface area contributed by atoms with Crippen molar-refractivity contribution in [1.82, 2.24) is 14.9 Å². The molecule has 0 fully saturated rings. The summed E-state index contributed by atoms with van der Waals surface area (Å²) in [6.07, 6.45) is 8.56. The lowest BCUT2D eigenvalue weighted by molar-refractivity contribution is 0.191. The molecule has 0 bridgehead atoms. The Morgan fingerprint density at radius 1 is 1.35 bits per heavy atom. The van der Waals surface area contributed by atoms with Crippen molar-refractivity contribution in [2.45, 2.75) is 39.2 Å². The number of nitrogens with one attached hydrogen (secondary N) is 1. The summed E-state index contributed by atoms with van der Waals surface area (Å²) in [5.74, 6) is 0. The molecule has 0 saturated heterocycles. The highest BCUT2D eigenvalue weighted by Gasteiger charge is 1.98. The summed E-state index contributed by atoms with van der Waals surface area (Å²) in [7, 11) is 1.75. The second-order valence-electron chi connectivity index (χ2n) is 4.30. The molecule has 1 aromatic heterocycles. The van der Waals surface area contributed by atoms with Gasteiger partial charge in [-0.25, -0.2) is 4.98 Å². The molecule has 0 amide bonds. The largest absolute Gasteiger partial charge is 0.385 e. The minimum Gasteiger partial charge on any atom is -0.385 e. The van der Waals surface area contributed by atoms with E-state index < -0.39 is 0 Å². The third kappa shape index (κ3) is 6.44. The summed E-state index contributed by atoms with van der Waals surface area (Å²) in [4.78, 5) is 4.40. The van der Waals surface area contributed by atoms with Crippen LogP contribution in [0.15, 0.2) is 12.5 Å². The summed E-state index contributed by atoms with van der Waals surface area (Å²) in [5.41, 5.74) is 1.18. The lowest BCUT2D eigenvalue weighted by Crippen LogP contribution is -2.17. The smallest absolute Gasteiger partial charge is 0.0949 e. The van der Waals surface area contributed by atoms with Gasteiger partial charge in [0.2, 0.25) is 0 Å². The minimum absolute atomic E-state index is 0.850. The number of aryl methyl sites for hydroxylation is 1. The molecule has 4 nitrogen and oxygen atoms in total. The molecule has 4 heteroatoms. The average Bonchev–Trinajstić information content (AvgIpc) is 2.78. The first kappa shape index (κ1) is 14.2. The van der Waals surface area contributed by atoms with Gasteiger partial charge in [0, 0.05) is 39.4 Å². The monoisotopic (exact) mass is 239 g/mol. The highest BCUT2D eigenvalue weighted by atomic mass is 16.5. The van der Waals surface area contributed by atoms with Crippen molar-refractivity contribution < 1.29 is 4.74 Å². The van der Waals surface area contributed by atoms with E-state index in [1.165, 1.54) is 12.1 Å². The predicted octanol–water partition coefficient (Wildman–Crippen LogP) is 1.85. The van der Waals surface area contributed by atoms with E-state index in [4.69, 9.17) is 4.74 Å². The maximum absolute atomic E-state index is 5.03. The Morgan fingerprint density at radius 2 is 2.24 bits per heavy atom. The van der Waals surface area contributed by atoms with Gasteiger partial charge in [-0.3, -0.25) is 0 Å². The number of aromatic nitrogens is 2. The van der Waals surface area contributed by atoms with Crippen molar-refractivity contribution >= 4 is 0 Å². The standard InChI is InChI=1S/C13H25N3O/c1-3-7-14-8-6-13-11-16(12-15-13)9-4-5-10-17-2/h11-12,14H,3-10H2,1-2H3. The van der Waals surface area contributed by atoms with Crippen LogP contribution in [0.3, 0.4) is 0 Å². The number of hydrogen-bond acceptors (Lipinski definition) is 3. The Bertz CT molecular complexity index is 259. The quantitative estimate of drug-likeness (QED) is 0.633. The number of unbranched alkanes of at least 4 members (excludes halogenated alkanes) is 1. The van der Waals surface area contributed by atoms with E-state index in [0.717, 1.165) is 45.5 Å². The van der Waals surface area contributed by atoms with Gasteiger partial charge in [-0.05, 0) is 25.8 Å². The van der Waals surface area contributed by atoms with Crippen molar-refractivity contribution in [3.05, 3.63) is 18.2 Å². The van der Waals surface area contributed by atoms with Gasteiger partial charge in [-0.15, -0.1) is 0 Å². The van der Waals surface area contributed by atoms with Crippen LogP contribution in [0, 0.1) is 0 Å². The third-order valence-electron chi connectivity index (χ3n) is 2.69. The van der Waals surface area contributed by atoms with E-state index in [1.54, 1.807) is 7.11 Å². The van der Waals surface area contributed by atoms with Crippen molar-refractivity contribution in [3.8, 4) is 0 Å². The van der Waals surface area contributed by atoms with Crippen molar-refractivity contribution in [2.24, 2.45) is 0 Å². The maximum Gasteiger partial charge on any atom is 0.0949 e. The fraction of sp³-hybridized carbons (Fsp3) is 0.769. The van der Waals surface area contributed by atoms with Crippen molar-refractivity contribution in [2.75, 3.05) is 26.8 Å². The van der Waals surface area contributed by atoms with Gasteiger partial charge in [0.15, 0.2) is 0 Å². The molecule has 0 atom stereocenters. The lowest BCUT2D eigenvalue weighted by atomic mass is 10.3. The first-order valence-electron chi connectivity index (χ1n) is 6.57. The Kier molecular flexibility index (Phi) is 7.67. The van der Waals surface area contributed by atoms with Crippen molar-refractivity contribution in [1.29, 1.82) is 0 Å². The van der Waals surface area contributed by atoms with Gasteiger partial charge in [0.1, 0.15) is 0 Å². The van der Waals surface area contributed by atoms with Crippen LogP contribution in [0.4, 0.5) is 0 Å². The normalized spacial score (nSPS) is 10.9. The molecule has 98 valence electrons. The predicted molar refractivity (Wildman–Crippen MR) is 70.2 cm³/mol. The van der Waals surface area contributed by atoms with E-state index in [9.17, 15) is 0 Å². The fourth-order valence-corrected chi connectivity index (χ4v) is 1.72. The van der Waals surface area contributed by atoms with Crippen LogP contribution in [-0.2, 0) is 17.7 Å². The van der Waals surface area contributed by atoms with Crippen LogP contribution in [-0.4, -0.2) is 36.4 Å². The van der Waals surface area contributed by atoms with Crippen LogP contribution in [0.2, 0.25) is 0 Å². The zero-order valence-corrected chi connectivity index (χ0v) is 11.1. The maximum atomic E-state index is 5.03. The first-order valence-corrected chi connectivity index (χ1v) is 6.57. The molecule has 0 aliphatic rings. The number of methoxy groups -OCH3 is 1. The highest BCUT2D eigenvalue weighted by Crippen LogP contribution is 2.00. The second-order valence-corrected chi connectivity index (χ2v) is 4.30. The lowest BCUT2D eigenvalue weighted by Gasteiger charge is -2.01. The van der Waals surface area contributed by atoms with E-state index >= 15 is 0 Å². The van der Waals surface area contributed by atoms with Gasteiger partial charge in [-0.1, -0.05) is 6.92 Å². The van der Waals surface area contributed by atoms with E-state index in [0.29, 0.717) is 0 Å². The molecule has 0 radical (unpaired) electrons. The molecular formula is C13H25N3O. The molecule has 1 rings (SSSR count). The SMILES string of the molecule is CCCNCCc1cn(CCCCOC)cn1. The highest BCUT2D eigenvalue weighted by molar-refractivity contribution is 4.97. The molecule has 1 heterocycles. The van der Waals surface area contributed by atoms with Gasteiger partial charge in [0.05, 0.1) is 12.0 Å². The van der Waals surface area contributed by atoms with Crippen LogP contribution in [0.25, 0.3) is 0 Å². The third-order valence-corrected chi connectivity index (χ3v) is 2.69. The number of ether oxygens (including phenoxy) is 1. The molecule has 17 heavy (non-hydrogen) atoms. The summed E-state index contributed by atoms with van der Waals surface area (Å²) >= 11 is 0. The van der Waals surface area contributed by atoms with Crippen molar-refractivity contribution in [3.63, 3.8) is 0 Å². The van der Waals surface area contributed by atoms with Gasteiger partial charge in [0.25, 0.3) is 0 Å².